The van der Waals surface area contributed by atoms with Crippen LogP contribution in [0.4, 0.5) is 0 Å². The topological polar surface area (TPSA) is 18.5 Å². The van der Waals surface area contributed by atoms with E-state index >= 15 is 0 Å². The first kappa shape index (κ1) is 14.8. The molecule has 2 atom stereocenters. The van der Waals surface area contributed by atoms with E-state index < -0.39 is 0 Å². The molecule has 3 nitrogen and oxygen atoms in total. The van der Waals surface area contributed by atoms with Gasteiger partial charge in [0.25, 0.3) is 0 Å². The van der Waals surface area contributed by atoms with Gasteiger partial charge in [-0.1, -0.05) is 13.3 Å². The van der Waals surface area contributed by atoms with Gasteiger partial charge in [-0.2, -0.15) is 0 Å². The van der Waals surface area contributed by atoms with Crippen LogP contribution in [0.15, 0.2) is 0 Å². The highest BCUT2D eigenvalue weighted by Gasteiger charge is 2.38. The molecule has 2 unspecified atom stereocenters. The van der Waals surface area contributed by atoms with Gasteiger partial charge in [-0.05, 0) is 64.1 Å². The van der Waals surface area contributed by atoms with Crippen LogP contribution in [0.1, 0.15) is 52.4 Å². The molecule has 20 heavy (non-hydrogen) atoms. The van der Waals surface area contributed by atoms with Crippen molar-refractivity contribution in [3.63, 3.8) is 0 Å². The van der Waals surface area contributed by atoms with Crippen LogP contribution in [0.2, 0.25) is 0 Å². The Morgan fingerprint density at radius 3 is 2.70 bits per heavy atom. The number of hydrogen-bond acceptors (Lipinski definition) is 3. The minimum atomic E-state index is 0.594. The summed E-state index contributed by atoms with van der Waals surface area (Å²) < 4.78 is 0. The summed E-state index contributed by atoms with van der Waals surface area (Å²) >= 11 is 0. The zero-order valence-corrected chi connectivity index (χ0v) is 13.5. The van der Waals surface area contributed by atoms with Crippen molar-refractivity contribution in [2.45, 2.75) is 64.5 Å². The fourth-order valence-corrected chi connectivity index (χ4v) is 4.64. The monoisotopic (exact) mass is 279 g/mol. The Labute approximate surface area is 125 Å². The molecule has 3 heterocycles. The molecule has 0 aromatic heterocycles. The zero-order chi connectivity index (χ0) is 14.0. The summed E-state index contributed by atoms with van der Waals surface area (Å²) in [5, 5.41) is 3.54. The van der Waals surface area contributed by atoms with E-state index in [0.29, 0.717) is 5.41 Å². The first-order valence-electron chi connectivity index (χ1n) is 8.91. The fourth-order valence-electron chi connectivity index (χ4n) is 4.64. The van der Waals surface area contributed by atoms with Crippen LogP contribution >= 0.6 is 0 Å². The Hall–Kier alpha value is -0.120. The molecule has 0 aromatic carbocycles. The lowest BCUT2D eigenvalue weighted by Crippen LogP contribution is -2.60. The second-order valence-corrected chi connectivity index (χ2v) is 7.53. The van der Waals surface area contributed by atoms with Crippen molar-refractivity contribution < 1.29 is 0 Å². The van der Waals surface area contributed by atoms with E-state index in [4.69, 9.17) is 0 Å². The molecular formula is C17H33N3. The number of nitrogens with one attached hydrogen (secondary N) is 1. The molecule has 0 radical (unpaired) electrons. The van der Waals surface area contributed by atoms with Gasteiger partial charge in [0.15, 0.2) is 0 Å². The maximum absolute atomic E-state index is 3.54. The summed E-state index contributed by atoms with van der Waals surface area (Å²) in [6.45, 7) is 12.7. The zero-order valence-electron chi connectivity index (χ0n) is 13.5. The highest BCUT2D eigenvalue weighted by Crippen LogP contribution is 2.35. The van der Waals surface area contributed by atoms with E-state index in [1.54, 1.807) is 0 Å². The van der Waals surface area contributed by atoms with Crippen molar-refractivity contribution in [2.75, 3.05) is 39.3 Å². The SMILES string of the molecule is CCC1(CN2CC3CCCCN3CC2C)CCNCC1. The van der Waals surface area contributed by atoms with Gasteiger partial charge in [-0.15, -0.1) is 0 Å². The maximum Gasteiger partial charge on any atom is 0.0223 e. The molecule has 0 saturated carbocycles. The minimum absolute atomic E-state index is 0.594. The fraction of sp³-hybridized carbons (Fsp3) is 1.00. The molecule has 3 fully saturated rings. The lowest BCUT2D eigenvalue weighted by molar-refractivity contribution is -0.0144. The third kappa shape index (κ3) is 3.05. The van der Waals surface area contributed by atoms with E-state index in [9.17, 15) is 0 Å². The second-order valence-electron chi connectivity index (χ2n) is 7.53. The molecule has 3 rings (SSSR count). The predicted molar refractivity (Wildman–Crippen MR) is 85.1 cm³/mol. The van der Waals surface area contributed by atoms with Gasteiger partial charge in [0, 0.05) is 31.7 Å². The number of hydrogen-bond donors (Lipinski definition) is 1. The number of piperidine rings is 2. The third-order valence-electron chi connectivity index (χ3n) is 6.27. The molecule has 3 aliphatic heterocycles. The molecule has 116 valence electrons. The van der Waals surface area contributed by atoms with Gasteiger partial charge in [0.1, 0.15) is 0 Å². The van der Waals surface area contributed by atoms with Gasteiger partial charge < -0.3 is 5.32 Å². The van der Waals surface area contributed by atoms with E-state index in [2.05, 4.69) is 29.0 Å². The molecular weight excluding hydrogens is 246 g/mol. The third-order valence-corrected chi connectivity index (χ3v) is 6.27. The van der Waals surface area contributed by atoms with Crippen LogP contribution in [-0.2, 0) is 0 Å². The highest BCUT2D eigenvalue weighted by atomic mass is 15.3. The summed E-state index contributed by atoms with van der Waals surface area (Å²) in [5.41, 5.74) is 0.594. The highest BCUT2D eigenvalue weighted by molar-refractivity contribution is 4.93. The van der Waals surface area contributed by atoms with Crippen molar-refractivity contribution in [1.29, 1.82) is 0 Å². The van der Waals surface area contributed by atoms with Gasteiger partial charge in [0.2, 0.25) is 0 Å². The molecule has 1 N–H and O–H groups in total. The van der Waals surface area contributed by atoms with E-state index in [-0.39, 0.29) is 0 Å². The number of piperazine rings is 1. The minimum Gasteiger partial charge on any atom is -0.317 e. The van der Waals surface area contributed by atoms with Crippen molar-refractivity contribution >= 4 is 0 Å². The number of fused-ring (bicyclic) bond motifs is 1. The summed E-state index contributed by atoms with van der Waals surface area (Å²) in [4.78, 5) is 5.60. The quantitative estimate of drug-likeness (QED) is 0.855. The molecule has 3 heteroatoms. The smallest absolute Gasteiger partial charge is 0.0223 e. The Balaban J connectivity index is 1.63. The van der Waals surface area contributed by atoms with Crippen LogP contribution in [0, 0.1) is 5.41 Å². The molecule has 0 amide bonds. The Morgan fingerprint density at radius 1 is 1.15 bits per heavy atom. The van der Waals surface area contributed by atoms with Crippen molar-refractivity contribution in [3.8, 4) is 0 Å². The van der Waals surface area contributed by atoms with Crippen molar-refractivity contribution in [2.24, 2.45) is 5.41 Å². The van der Waals surface area contributed by atoms with Gasteiger partial charge >= 0.3 is 0 Å². The normalized spacial score (nSPS) is 35.7. The lowest BCUT2D eigenvalue weighted by Gasteiger charge is -2.51. The van der Waals surface area contributed by atoms with Crippen molar-refractivity contribution in [3.05, 3.63) is 0 Å². The van der Waals surface area contributed by atoms with E-state index in [0.717, 1.165) is 12.1 Å². The summed E-state index contributed by atoms with van der Waals surface area (Å²) in [5.74, 6) is 0. The first-order chi connectivity index (χ1) is 9.72. The van der Waals surface area contributed by atoms with Crippen molar-refractivity contribution in [1.82, 2.24) is 15.1 Å². The molecule has 0 aromatic rings. The van der Waals surface area contributed by atoms with Gasteiger partial charge in [-0.25, -0.2) is 0 Å². The maximum atomic E-state index is 3.54. The molecule has 3 saturated heterocycles. The van der Waals surface area contributed by atoms with E-state index in [1.165, 1.54) is 77.8 Å². The molecule has 0 spiro atoms. The Morgan fingerprint density at radius 2 is 1.95 bits per heavy atom. The molecule has 3 aliphatic rings. The summed E-state index contributed by atoms with van der Waals surface area (Å²) in [6, 6.07) is 1.61. The largest absolute Gasteiger partial charge is 0.317 e. The van der Waals surface area contributed by atoms with Gasteiger partial charge in [0.05, 0.1) is 0 Å². The Bertz CT molecular complexity index is 311. The van der Waals surface area contributed by atoms with Crippen LogP contribution in [0.5, 0.6) is 0 Å². The first-order valence-corrected chi connectivity index (χ1v) is 8.91. The lowest BCUT2D eigenvalue weighted by atomic mass is 9.75. The number of rotatable bonds is 3. The summed E-state index contributed by atoms with van der Waals surface area (Å²) in [6.07, 6.45) is 8.42. The summed E-state index contributed by atoms with van der Waals surface area (Å²) in [7, 11) is 0. The Kier molecular flexibility index (Phi) is 4.68. The van der Waals surface area contributed by atoms with Crippen LogP contribution in [0.3, 0.4) is 0 Å². The van der Waals surface area contributed by atoms with Crippen LogP contribution < -0.4 is 5.32 Å². The molecule has 0 aliphatic carbocycles. The second kappa shape index (κ2) is 6.33. The van der Waals surface area contributed by atoms with E-state index in [1.807, 2.05) is 0 Å². The predicted octanol–water partition coefficient (Wildman–Crippen LogP) is 2.32. The average Bonchev–Trinajstić information content (AvgIpc) is 2.49. The standard InChI is InChI=1S/C17H33N3/c1-3-17(7-9-18-10-8-17)14-20-13-16-6-4-5-11-19(16)12-15(20)2/h15-16,18H,3-14H2,1-2H3. The van der Waals surface area contributed by atoms with Gasteiger partial charge in [-0.3, -0.25) is 9.80 Å². The molecule has 0 bridgehead atoms. The van der Waals surface area contributed by atoms with Crippen LogP contribution in [0.25, 0.3) is 0 Å². The average molecular weight is 279 g/mol. The van der Waals surface area contributed by atoms with Crippen LogP contribution in [-0.4, -0.2) is 61.2 Å². The number of nitrogens with zero attached hydrogens (tertiary/aromatic N) is 2.